The van der Waals surface area contributed by atoms with E-state index in [2.05, 4.69) is 58.9 Å². The van der Waals surface area contributed by atoms with Crippen LogP contribution in [0.5, 0.6) is 28.7 Å². The Kier molecular flexibility index (Phi) is 8.82. The molecule has 0 radical (unpaired) electrons. The number of allylic oxidation sites excluding steroid dienone is 3. The van der Waals surface area contributed by atoms with Gasteiger partial charge >= 0.3 is 0 Å². The number of phenols is 5. The number of nitrogens with zero attached hydrogens (tertiary/aromatic N) is 2. The van der Waals surface area contributed by atoms with Gasteiger partial charge in [-0.05, 0) is 108 Å². The minimum absolute atomic E-state index is 0.0505. The van der Waals surface area contributed by atoms with Crippen molar-refractivity contribution in [2.45, 2.75) is 51.2 Å². The van der Waals surface area contributed by atoms with Gasteiger partial charge in [-0.15, -0.1) is 0 Å². The van der Waals surface area contributed by atoms with Crippen molar-refractivity contribution >= 4 is 34.9 Å². The van der Waals surface area contributed by atoms with Gasteiger partial charge in [-0.3, -0.25) is 9.98 Å². The van der Waals surface area contributed by atoms with Crippen LogP contribution in [0.15, 0.2) is 95.0 Å². The molecular weight excluding hydrogens is 691 g/mol. The summed E-state index contributed by atoms with van der Waals surface area (Å²) in [7, 11) is 0. The molecule has 0 aromatic heterocycles. The van der Waals surface area contributed by atoms with Crippen molar-refractivity contribution in [1.82, 2.24) is 5.32 Å². The molecule has 9 rings (SSSR count). The van der Waals surface area contributed by atoms with Gasteiger partial charge in [-0.25, -0.2) is 0 Å². The van der Waals surface area contributed by atoms with Crippen molar-refractivity contribution in [3.8, 4) is 28.7 Å². The number of aliphatic hydroxyl groups is 1. The molecule has 7 atom stereocenters. The summed E-state index contributed by atoms with van der Waals surface area (Å²) in [5, 5.41) is 69.0. The normalized spacial score (nSPS) is 29.0. The van der Waals surface area contributed by atoms with E-state index in [9.17, 15) is 30.6 Å². The molecule has 4 aliphatic carbocycles. The van der Waals surface area contributed by atoms with E-state index >= 15 is 0 Å². The molecule has 5 aliphatic rings. The van der Waals surface area contributed by atoms with Crippen LogP contribution in [0, 0.1) is 34.5 Å². The molecule has 282 valence electrons. The molecule has 4 aromatic carbocycles. The average Bonchev–Trinajstić information content (AvgIpc) is 3.86. The van der Waals surface area contributed by atoms with E-state index in [1.165, 1.54) is 31.0 Å². The van der Waals surface area contributed by atoms with Crippen molar-refractivity contribution in [2.24, 2.45) is 44.5 Å². The van der Waals surface area contributed by atoms with Gasteiger partial charge in [-0.1, -0.05) is 78.9 Å². The van der Waals surface area contributed by atoms with Crippen LogP contribution in [-0.2, 0) is 19.4 Å². The van der Waals surface area contributed by atoms with Crippen LogP contribution < -0.4 is 5.32 Å². The number of fused-ring (bicyclic) bond motifs is 2. The van der Waals surface area contributed by atoms with Crippen LogP contribution in [0.25, 0.3) is 22.9 Å². The summed E-state index contributed by atoms with van der Waals surface area (Å²) in [6, 6.07) is 17.9. The van der Waals surface area contributed by atoms with Crippen molar-refractivity contribution in [1.29, 1.82) is 0 Å². The smallest absolute Gasteiger partial charge is 0.169 e. The fourth-order valence-corrected chi connectivity index (χ4v) is 11.1. The Hall–Kier alpha value is -5.38. The minimum atomic E-state index is -0.519. The lowest BCUT2D eigenvalue weighted by atomic mass is 9.42. The van der Waals surface area contributed by atoms with Crippen LogP contribution in [0.3, 0.4) is 0 Å². The van der Waals surface area contributed by atoms with Gasteiger partial charge in [0, 0.05) is 36.2 Å². The summed E-state index contributed by atoms with van der Waals surface area (Å²) >= 11 is 0. The second-order valence-corrected chi connectivity index (χ2v) is 16.3. The second kappa shape index (κ2) is 13.7. The van der Waals surface area contributed by atoms with E-state index in [1.54, 1.807) is 30.4 Å². The maximum absolute atomic E-state index is 11.8. The molecule has 4 aromatic rings. The average molecular weight is 738 g/mol. The molecular formula is C46H47N3O6. The summed E-state index contributed by atoms with van der Waals surface area (Å²) in [5.74, 6) is 0.227. The first-order valence-electron chi connectivity index (χ1n) is 19.4. The number of benzene rings is 4. The predicted octanol–water partition coefficient (Wildman–Crippen LogP) is 7.42. The van der Waals surface area contributed by atoms with E-state index in [0.29, 0.717) is 72.4 Å². The largest absolute Gasteiger partial charge is 0.507 e. The SMILES string of the molecule is Oc1ccc(C=Cc2c(CCc3ccc(CNCC4(C5=NCN=C5)CC5C=CC6CCC7C=CC(O)C4C67C5)cc3)c(O)c(O)c3c(O)cccc23)cc1O. The number of aliphatic hydroxyl groups excluding tert-OH is 1. The first-order chi connectivity index (χ1) is 26.7. The van der Waals surface area contributed by atoms with E-state index in [1.807, 2.05) is 6.21 Å². The van der Waals surface area contributed by atoms with E-state index in [4.69, 9.17) is 4.99 Å². The van der Waals surface area contributed by atoms with Crippen LogP contribution in [-0.4, -0.2) is 61.9 Å². The number of nitrogens with one attached hydrogen (secondary N) is 1. The van der Waals surface area contributed by atoms with Gasteiger partial charge in [0.15, 0.2) is 23.0 Å². The topological polar surface area (TPSA) is 158 Å². The summed E-state index contributed by atoms with van der Waals surface area (Å²) in [6.45, 7) is 1.83. The molecule has 7 N–H and O–H groups in total. The van der Waals surface area contributed by atoms with Crippen LogP contribution in [0.2, 0.25) is 0 Å². The summed E-state index contributed by atoms with van der Waals surface area (Å²) in [6.07, 6.45) is 19.7. The highest BCUT2D eigenvalue weighted by molar-refractivity contribution is 6.34. The first kappa shape index (κ1) is 35.3. The van der Waals surface area contributed by atoms with Gasteiger partial charge < -0.3 is 36.0 Å². The molecule has 7 unspecified atom stereocenters. The summed E-state index contributed by atoms with van der Waals surface area (Å²) in [4.78, 5) is 9.47. The van der Waals surface area contributed by atoms with Crippen molar-refractivity contribution in [3.63, 3.8) is 0 Å². The quantitative estimate of drug-likeness (QED) is 0.0507. The fraction of sp³-hybridized carbons (Fsp3) is 0.348. The molecule has 2 bridgehead atoms. The van der Waals surface area contributed by atoms with Crippen LogP contribution >= 0.6 is 0 Å². The van der Waals surface area contributed by atoms with Gasteiger partial charge in [0.05, 0.1) is 17.2 Å². The van der Waals surface area contributed by atoms with Crippen LogP contribution in [0.1, 0.15) is 53.5 Å². The molecule has 2 fully saturated rings. The third-order valence-corrected chi connectivity index (χ3v) is 13.4. The van der Waals surface area contributed by atoms with E-state index in [0.717, 1.165) is 29.7 Å². The zero-order valence-corrected chi connectivity index (χ0v) is 30.6. The van der Waals surface area contributed by atoms with E-state index in [-0.39, 0.29) is 50.9 Å². The van der Waals surface area contributed by atoms with Crippen molar-refractivity contribution in [3.05, 3.63) is 113 Å². The molecule has 0 saturated heterocycles. The first-order valence-corrected chi connectivity index (χ1v) is 19.4. The molecule has 1 aliphatic heterocycles. The Morgan fingerprint density at radius 2 is 1.55 bits per heavy atom. The van der Waals surface area contributed by atoms with E-state index < -0.39 is 6.10 Å². The minimum Gasteiger partial charge on any atom is -0.507 e. The third kappa shape index (κ3) is 5.83. The van der Waals surface area contributed by atoms with Gasteiger partial charge in [0.25, 0.3) is 0 Å². The molecule has 1 spiro atoms. The lowest BCUT2D eigenvalue weighted by Crippen LogP contribution is -2.64. The fourth-order valence-electron chi connectivity index (χ4n) is 11.1. The Morgan fingerprint density at radius 3 is 2.31 bits per heavy atom. The van der Waals surface area contributed by atoms with Gasteiger partial charge in [0.1, 0.15) is 12.4 Å². The summed E-state index contributed by atoms with van der Waals surface area (Å²) in [5.41, 5.74) is 4.75. The van der Waals surface area contributed by atoms with Crippen LogP contribution in [0.4, 0.5) is 0 Å². The number of hydrogen-bond acceptors (Lipinski definition) is 9. The maximum Gasteiger partial charge on any atom is 0.169 e. The highest BCUT2D eigenvalue weighted by Gasteiger charge is 2.67. The summed E-state index contributed by atoms with van der Waals surface area (Å²) < 4.78 is 0. The standard InChI is InChI=1S/C46H47N3O6/c50-36-18-11-28(20-39(36)53)10-16-33-34-2-1-3-37(51)41(34)43(55)42(54)35(33)17-9-27-4-6-29(7-5-27)23-47-25-45(40-24-48-26-49-40)21-30-8-12-31-13-14-32-15-19-38(52)44(45)46(31,32)22-30/h1-8,10-12,15-16,18-20,24,30-32,38,44,47,50-55H,9,13-14,17,21-23,25-26H2. The molecule has 9 heteroatoms. The maximum atomic E-state index is 11.8. The monoisotopic (exact) mass is 737 g/mol. The molecule has 9 nitrogen and oxygen atoms in total. The zero-order valence-electron chi connectivity index (χ0n) is 30.6. The number of phenolic OH excluding ortho intramolecular Hbond substituents is 5. The molecule has 1 heterocycles. The predicted molar refractivity (Wildman–Crippen MR) is 216 cm³/mol. The number of rotatable bonds is 10. The Labute approximate surface area is 320 Å². The van der Waals surface area contributed by atoms with Gasteiger partial charge in [-0.2, -0.15) is 0 Å². The second-order valence-electron chi connectivity index (χ2n) is 16.3. The van der Waals surface area contributed by atoms with Crippen molar-refractivity contribution < 1.29 is 30.6 Å². The number of aromatic hydroxyl groups is 5. The third-order valence-electron chi connectivity index (χ3n) is 13.4. The molecule has 2 saturated carbocycles. The Bertz CT molecular complexity index is 2300. The highest BCUT2D eigenvalue weighted by atomic mass is 16.3. The Morgan fingerprint density at radius 1 is 0.764 bits per heavy atom. The zero-order chi connectivity index (χ0) is 37.9. The lowest BCUT2D eigenvalue weighted by Gasteiger charge is -2.63. The number of hydrogen-bond donors (Lipinski definition) is 7. The molecule has 55 heavy (non-hydrogen) atoms. The lowest BCUT2D eigenvalue weighted by molar-refractivity contribution is -0.108. The number of aryl methyl sites for hydroxylation is 1. The Balaban J connectivity index is 0.941. The number of aliphatic imine (C=N–C) groups is 2. The molecule has 0 amide bonds. The van der Waals surface area contributed by atoms with Gasteiger partial charge in [0.2, 0.25) is 0 Å². The highest BCUT2D eigenvalue weighted by Crippen LogP contribution is 2.69. The van der Waals surface area contributed by atoms with Crippen molar-refractivity contribution in [2.75, 3.05) is 13.2 Å².